The number of aromatic nitrogens is 1. The zero-order chi connectivity index (χ0) is 13.2. The first-order valence-corrected chi connectivity index (χ1v) is 5.16. The number of hydrogen-bond acceptors (Lipinski definition) is 3. The van der Waals surface area contributed by atoms with Crippen LogP contribution < -0.4 is 10.3 Å². The largest absolute Gasteiger partial charge is 0.573 e. The van der Waals surface area contributed by atoms with E-state index in [1.807, 2.05) is 0 Å². The van der Waals surface area contributed by atoms with Crippen LogP contribution in [0.1, 0.15) is 5.56 Å². The van der Waals surface area contributed by atoms with Gasteiger partial charge in [-0.05, 0) is 28.7 Å². The Hall–Kier alpha value is -1.26. The Morgan fingerprint density at radius 2 is 2.12 bits per heavy atom. The summed E-state index contributed by atoms with van der Waals surface area (Å²) in [5.74, 6) is -2.40. The lowest BCUT2D eigenvalue weighted by molar-refractivity contribution is -0.275. The molecule has 0 aliphatic heterocycles. The minimum absolute atomic E-state index is 0.221. The number of carbonyl (C=O) groups is 1. The van der Waals surface area contributed by atoms with Crippen LogP contribution in [0.25, 0.3) is 0 Å². The van der Waals surface area contributed by atoms with Gasteiger partial charge in [-0.1, -0.05) is 0 Å². The Morgan fingerprint density at radius 1 is 1.53 bits per heavy atom. The fraction of sp³-hybridized carbons (Fsp3) is 0.250. The molecule has 0 radical (unpaired) electrons. The molecule has 1 aromatic heterocycles. The Labute approximate surface area is 106 Å². The molecule has 0 atom stereocenters. The summed E-state index contributed by atoms with van der Waals surface area (Å²) in [6.07, 6.45) is -5.78. The van der Waals surface area contributed by atoms with E-state index in [0.29, 0.717) is 0 Å². The quantitative estimate of drug-likeness (QED) is 0.630. The molecule has 1 heterocycles. The molecule has 0 bridgehead atoms. The topological polar surface area (TPSA) is 79.4 Å². The lowest BCUT2D eigenvalue weighted by Crippen LogP contribution is -2.25. The highest BCUT2D eigenvalue weighted by atomic mass is 127. The normalized spacial score (nSPS) is 11.3. The Bertz CT molecular complexity index is 497. The third-order valence-corrected chi connectivity index (χ3v) is 2.17. The highest BCUT2D eigenvalue weighted by Gasteiger charge is 2.33. The van der Waals surface area contributed by atoms with Gasteiger partial charge in [-0.15, -0.1) is 13.2 Å². The molecule has 0 unspecified atom stereocenters. The smallest absolute Gasteiger partial charge is 0.481 e. The number of nitrogens with one attached hydrogen (secondary N) is 1. The molecule has 0 aromatic carbocycles. The predicted molar refractivity (Wildman–Crippen MR) is 57.8 cm³/mol. The fourth-order valence-electron chi connectivity index (χ4n) is 1.09. The van der Waals surface area contributed by atoms with Crippen molar-refractivity contribution in [2.45, 2.75) is 12.8 Å². The zero-order valence-corrected chi connectivity index (χ0v) is 10.1. The number of pyridine rings is 1. The van der Waals surface area contributed by atoms with Crippen LogP contribution in [0.3, 0.4) is 0 Å². The van der Waals surface area contributed by atoms with Gasteiger partial charge in [0.25, 0.3) is 5.56 Å². The predicted octanol–water partition coefficient (Wildman–Crippen LogP) is 1.51. The molecule has 0 aliphatic carbocycles. The van der Waals surface area contributed by atoms with Gasteiger partial charge in [0.1, 0.15) is 0 Å². The highest BCUT2D eigenvalue weighted by Crippen LogP contribution is 2.24. The van der Waals surface area contributed by atoms with Crippen molar-refractivity contribution in [2.24, 2.45) is 0 Å². The van der Waals surface area contributed by atoms with Crippen LogP contribution in [-0.4, -0.2) is 22.4 Å². The van der Waals surface area contributed by atoms with E-state index >= 15 is 0 Å². The number of carboxylic acids is 1. The molecule has 1 aromatic rings. The van der Waals surface area contributed by atoms with Crippen molar-refractivity contribution < 1.29 is 27.8 Å². The maximum atomic E-state index is 12.0. The van der Waals surface area contributed by atoms with Crippen LogP contribution in [0.2, 0.25) is 0 Å². The minimum Gasteiger partial charge on any atom is -0.481 e. The second-order valence-electron chi connectivity index (χ2n) is 2.92. The van der Waals surface area contributed by atoms with E-state index in [4.69, 9.17) is 5.11 Å². The molecule has 0 saturated heterocycles. The number of rotatable bonds is 3. The van der Waals surface area contributed by atoms with Crippen molar-refractivity contribution in [3.63, 3.8) is 0 Å². The van der Waals surface area contributed by atoms with Crippen molar-refractivity contribution >= 4 is 28.6 Å². The first kappa shape index (κ1) is 13.8. The molecule has 0 fully saturated rings. The molecule has 0 aliphatic rings. The van der Waals surface area contributed by atoms with Gasteiger partial charge in [0.2, 0.25) is 0 Å². The van der Waals surface area contributed by atoms with Crippen molar-refractivity contribution in [2.75, 3.05) is 0 Å². The second-order valence-corrected chi connectivity index (χ2v) is 4.08. The zero-order valence-electron chi connectivity index (χ0n) is 7.97. The van der Waals surface area contributed by atoms with Crippen LogP contribution in [0.4, 0.5) is 13.2 Å². The summed E-state index contributed by atoms with van der Waals surface area (Å²) in [5, 5.41) is 8.52. The van der Waals surface area contributed by atoms with E-state index in [-0.39, 0.29) is 9.26 Å². The summed E-state index contributed by atoms with van der Waals surface area (Å²) in [4.78, 5) is 23.8. The molecular weight excluding hydrogens is 358 g/mol. The van der Waals surface area contributed by atoms with E-state index in [1.54, 1.807) is 22.6 Å². The number of aliphatic carboxylic acids is 1. The standard InChI is InChI=1S/C8H5F3INO4/c9-8(10,11)17-6-3(2-5(14)15)1-4(12)13-7(6)16/h1H,2H2,(H,13,16)(H,14,15). The minimum atomic E-state index is -5.05. The molecular formula is C8H5F3INO4. The van der Waals surface area contributed by atoms with Crippen LogP contribution in [0.15, 0.2) is 10.9 Å². The summed E-state index contributed by atoms with van der Waals surface area (Å²) < 4.78 is 39.8. The van der Waals surface area contributed by atoms with E-state index in [2.05, 4.69) is 9.72 Å². The third kappa shape index (κ3) is 4.24. The van der Waals surface area contributed by atoms with E-state index in [9.17, 15) is 22.8 Å². The van der Waals surface area contributed by atoms with Gasteiger partial charge in [0, 0.05) is 5.56 Å². The third-order valence-electron chi connectivity index (χ3n) is 1.59. The number of alkyl halides is 3. The van der Waals surface area contributed by atoms with Gasteiger partial charge in [0.15, 0.2) is 5.75 Å². The summed E-state index contributed by atoms with van der Waals surface area (Å²) in [6, 6.07) is 1.11. The molecule has 0 amide bonds. The van der Waals surface area contributed by atoms with Crippen molar-refractivity contribution in [1.29, 1.82) is 0 Å². The molecule has 0 saturated carbocycles. The second kappa shape index (κ2) is 4.94. The average Bonchev–Trinajstić information content (AvgIpc) is 2.08. The first-order chi connectivity index (χ1) is 7.69. The van der Waals surface area contributed by atoms with Crippen molar-refractivity contribution in [3.05, 3.63) is 25.7 Å². The monoisotopic (exact) mass is 363 g/mol. The number of hydrogen-bond donors (Lipinski definition) is 2. The van der Waals surface area contributed by atoms with Crippen LogP contribution in [0, 0.1) is 3.70 Å². The number of ether oxygens (including phenoxy) is 1. The summed E-state index contributed by atoms with van der Waals surface area (Å²) in [7, 11) is 0. The van der Waals surface area contributed by atoms with E-state index in [0.717, 1.165) is 6.07 Å². The Balaban J connectivity index is 3.25. The molecule has 2 N–H and O–H groups in total. The van der Waals surface area contributed by atoms with Crippen molar-refractivity contribution in [1.82, 2.24) is 4.98 Å². The number of carboxylic acid groups (broad SMARTS) is 1. The van der Waals surface area contributed by atoms with Crippen LogP contribution in [0.5, 0.6) is 5.75 Å². The summed E-state index contributed by atoms with van der Waals surface area (Å²) in [6.45, 7) is 0. The molecule has 0 spiro atoms. The maximum absolute atomic E-state index is 12.0. The fourth-order valence-corrected chi connectivity index (χ4v) is 1.71. The first-order valence-electron chi connectivity index (χ1n) is 4.08. The average molecular weight is 363 g/mol. The van der Waals surface area contributed by atoms with Gasteiger partial charge in [-0.2, -0.15) is 0 Å². The molecule has 1 rings (SSSR count). The van der Waals surface area contributed by atoms with Gasteiger partial charge in [-0.25, -0.2) is 0 Å². The lowest BCUT2D eigenvalue weighted by atomic mass is 10.2. The molecule has 17 heavy (non-hydrogen) atoms. The van der Waals surface area contributed by atoms with Gasteiger partial charge in [-0.3, -0.25) is 9.59 Å². The van der Waals surface area contributed by atoms with Gasteiger partial charge < -0.3 is 14.8 Å². The van der Waals surface area contributed by atoms with E-state index < -0.39 is 30.1 Å². The Morgan fingerprint density at radius 3 is 2.59 bits per heavy atom. The highest BCUT2D eigenvalue weighted by molar-refractivity contribution is 14.1. The molecule has 5 nitrogen and oxygen atoms in total. The SMILES string of the molecule is O=C(O)Cc1cc(I)[nH]c(=O)c1OC(F)(F)F. The molecule has 9 heteroatoms. The number of aromatic amines is 1. The maximum Gasteiger partial charge on any atom is 0.573 e. The lowest BCUT2D eigenvalue weighted by Gasteiger charge is -2.11. The summed E-state index contributed by atoms with van der Waals surface area (Å²) >= 11 is 1.65. The van der Waals surface area contributed by atoms with Crippen LogP contribution >= 0.6 is 22.6 Å². The number of halogens is 4. The van der Waals surface area contributed by atoms with Crippen molar-refractivity contribution in [3.8, 4) is 5.75 Å². The van der Waals surface area contributed by atoms with Gasteiger partial charge in [0.05, 0.1) is 10.1 Å². The molecule has 94 valence electrons. The van der Waals surface area contributed by atoms with Crippen LogP contribution in [-0.2, 0) is 11.2 Å². The Kier molecular flexibility index (Phi) is 4.01. The summed E-state index contributed by atoms with van der Waals surface area (Å²) in [5.41, 5.74) is -1.45. The van der Waals surface area contributed by atoms with E-state index in [1.165, 1.54) is 0 Å². The van der Waals surface area contributed by atoms with Gasteiger partial charge >= 0.3 is 12.3 Å². The number of H-pyrrole nitrogens is 1.